The molecule has 0 saturated heterocycles. The molecule has 0 radical (unpaired) electrons. The van der Waals surface area contributed by atoms with E-state index in [1.165, 1.54) is 16.7 Å². The van der Waals surface area contributed by atoms with E-state index in [4.69, 9.17) is 21.1 Å². The van der Waals surface area contributed by atoms with Crippen molar-refractivity contribution in [2.24, 2.45) is 0 Å². The summed E-state index contributed by atoms with van der Waals surface area (Å²) in [5.41, 5.74) is 3.80. The third-order valence-electron chi connectivity index (χ3n) is 3.59. The van der Waals surface area contributed by atoms with Crippen LogP contribution in [-0.4, -0.2) is 33.4 Å². The van der Waals surface area contributed by atoms with Crippen molar-refractivity contribution in [3.63, 3.8) is 0 Å². The van der Waals surface area contributed by atoms with Crippen molar-refractivity contribution in [1.82, 2.24) is 5.32 Å². The minimum atomic E-state index is 0.759. The molecule has 1 heterocycles. The van der Waals surface area contributed by atoms with Gasteiger partial charge in [0.25, 0.3) is 0 Å². The average molecular weight is 310 g/mol. The first-order chi connectivity index (χ1) is 10.2. The third-order valence-corrected chi connectivity index (χ3v) is 3.81. The Morgan fingerprint density at radius 1 is 1.43 bits per heavy atom. The second-order valence-corrected chi connectivity index (χ2v) is 5.85. The van der Waals surface area contributed by atoms with Gasteiger partial charge in [0.15, 0.2) is 0 Å². The quantitative estimate of drug-likeness (QED) is 0.590. The van der Waals surface area contributed by atoms with Gasteiger partial charge in [0.1, 0.15) is 5.75 Å². The fraction of sp³-hybridized carbons (Fsp3) is 0.529. The number of ether oxygens (including phenoxy) is 2. The summed E-state index contributed by atoms with van der Waals surface area (Å²) in [5, 5.41) is 4.15. The Labute approximate surface area is 132 Å². The Morgan fingerprint density at radius 3 is 3.10 bits per heavy atom. The van der Waals surface area contributed by atoms with Gasteiger partial charge < -0.3 is 14.8 Å². The van der Waals surface area contributed by atoms with Crippen LogP contribution in [0.1, 0.15) is 24.5 Å². The highest BCUT2D eigenvalue weighted by atomic mass is 35.5. The molecule has 1 aromatic carbocycles. The Balaban J connectivity index is 1.86. The summed E-state index contributed by atoms with van der Waals surface area (Å²) in [5.74, 6) is 1.05. The summed E-state index contributed by atoms with van der Waals surface area (Å²) in [7, 11) is 1.72. The van der Waals surface area contributed by atoms with Crippen LogP contribution in [0.15, 0.2) is 23.8 Å². The van der Waals surface area contributed by atoms with Gasteiger partial charge in [-0.3, -0.25) is 0 Å². The third kappa shape index (κ3) is 5.03. The smallest absolute Gasteiger partial charge is 0.126 e. The molecule has 0 amide bonds. The molecular formula is C17H24ClNO2. The van der Waals surface area contributed by atoms with Crippen LogP contribution in [0.25, 0.3) is 0 Å². The first-order valence-electron chi connectivity index (χ1n) is 7.50. The van der Waals surface area contributed by atoms with E-state index in [0.29, 0.717) is 0 Å². The maximum Gasteiger partial charge on any atom is 0.126 e. The maximum atomic E-state index is 6.19. The number of halogens is 1. The van der Waals surface area contributed by atoms with E-state index in [9.17, 15) is 0 Å². The van der Waals surface area contributed by atoms with E-state index in [-0.39, 0.29) is 0 Å². The lowest BCUT2D eigenvalue weighted by Gasteiger charge is -2.09. The SMILES string of the molecule is COCCNCC/C=C(/C)Cc1cc(Cl)cc2c1OCC2. The Hall–Kier alpha value is -1.03. The van der Waals surface area contributed by atoms with Gasteiger partial charge in [-0.1, -0.05) is 23.3 Å². The van der Waals surface area contributed by atoms with Gasteiger partial charge in [0.2, 0.25) is 0 Å². The van der Waals surface area contributed by atoms with Crippen molar-refractivity contribution in [1.29, 1.82) is 0 Å². The zero-order valence-corrected chi connectivity index (χ0v) is 13.6. The Bertz CT molecular complexity index is 500. The number of nitrogens with one attached hydrogen (secondary N) is 1. The number of hydrogen-bond donors (Lipinski definition) is 1. The number of methoxy groups -OCH3 is 1. The number of hydrogen-bond acceptors (Lipinski definition) is 3. The van der Waals surface area contributed by atoms with Crippen molar-refractivity contribution in [3.05, 3.63) is 39.9 Å². The molecule has 4 heteroatoms. The standard InChI is InChI=1S/C17H24ClNO2/c1-13(4-3-6-19-7-9-20-2)10-15-12-16(18)11-14-5-8-21-17(14)15/h4,11-12,19H,3,5-10H2,1-2H3/b13-4-. The predicted molar refractivity (Wildman–Crippen MR) is 87.5 cm³/mol. The van der Waals surface area contributed by atoms with Crippen LogP contribution in [0.2, 0.25) is 5.02 Å². The molecule has 21 heavy (non-hydrogen) atoms. The molecule has 1 aliphatic rings. The largest absolute Gasteiger partial charge is 0.493 e. The van der Waals surface area contributed by atoms with E-state index in [1.54, 1.807) is 7.11 Å². The molecule has 0 bridgehead atoms. The van der Waals surface area contributed by atoms with Crippen LogP contribution < -0.4 is 10.1 Å². The first-order valence-corrected chi connectivity index (χ1v) is 7.88. The summed E-state index contributed by atoms with van der Waals surface area (Å²) in [6.45, 7) is 5.57. The lowest BCUT2D eigenvalue weighted by Crippen LogP contribution is -2.19. The summed E-state index contributed by atoms with van der Waals surface area (Å²) in [6, 6.07) is 4.05. The van der Waals surface area contributed by atoms with E-state index in [1.807, 2.05) is 12.1 Å². The summed E-state index contributed by atoms with van der Waals surface area (Å²) >= 11 is 6.19. The van der Waals surface area contributed by atoms with Crippen molar-refractivity contribution >= 4 is 11.6 Å². The molecule has 116 valence electrons. The van der Waals surface area contributed by atoms with E-state index < -0.39 is 0 Å². The number of fused-ring (bicyclic) bond motifs is 1. The molecule has 0 fully saturated rings. The van der Waals surface area contributed by atoms with Crippen molar-refractivity contribution in [2.45, 2.75) is 26.2 Å². The molecule has 0 unspecified atom stereocenters. The topological polar surface area (TPSA) is 30.5 Å². The highest BCUT2D eigenvalue weighted by Gasteiger charge is 2.17. The van der Waals surface area contributed by atoms with Crippen LogP contribution in [0.4, 0.5) is 0 Å². The fourth-order valence-corrected chi connectivity index (χ4v) is 2.83. The van der Waals surface area contributed by atoms with Gasteiger partial charge in [-0.15, -0.1) is 0 Å². The van der Waals surface area contributed by atoms with Gasteiger partial charge in [-0.25, -0.2) is 0 Å². The molecule has 0 aliphatic carbocycles. The van der Waals surface area contributed by atoms with E-state index in [0.717, 1.165) is 56.3 Å². The van der Waals surface area contributed by atoms with Crippen LogP contribution >= 0.6 is 11.6 Å². The molecule has 1 aliphatic heterocycles. The summed E-state index contributed by atoms with van der Waals surface area (Å²) < 4.78 is 10.7. The average Bonchev–Trinajstić information content (AvgIpc) is 2.91. The van der Waals surface area contributed by atoms with Crippen LogP contribution in [0, 0.1) is 0 Å². The van der Waals surface area contributed by atoms with Crippen LogP contribution in [0.3, 0.4) is 0 Å². The molecule has 1 N–H and O–H groups in total. The maximum absolute atomic E-state index is 6.19. The van der Waals surface area contributed by atoms with E-state index in [2.05, 4.69) is 18.3 Å². The highest BCUT2D eigenvalue weighted by molar-refractivity contribution is 6.30. The normalized spacial score (nSPS) is 14.1. The van der Waals surface area contributed by atoms with Gasteiger partial charge in [-0.2, -0.15) is 0 Å². The molecule has 0 aromatic heterocycles. The minimum Gasteiger partial charge on any atom is -0.493 e. The lowest BCUT2D eigenvalue weighted by molar-refractivity contribution is 0.199. The Kier molecular flexibility index (Phi) is 6.55. The molecule has 0 atom stereocenters. The zero-order chi connectivity index (χ0) is 15.1. The predicted octanol–water partition coefficient (Wildman–Crippen LogP) is 3.39. The van der Waals surface area contributed by atoms with Crippen LogP contribution in [0.5, 0.6) is 5.75 Å². The minimum absolute atomic E-state index is 0.759. The lowest BCUT2D eigenvalue weighted by atomic mass is 10.0. The number of benzene rings is 1. The van der Waals surface area contributed by atoms with Crippen molar-refractivity contribution in [3.8, 4) is 5.75 Å². The van der Waals surface area contributed by atoms with Crippen molar-refractivity contribution in [2.75, 3.05) is 33.4 Å². The summed E-state index contributed by atoms with van der Waals surface area (Å²) in [6.07, 6.45) is 5.18. The van der Waals surface area contributed by atoms with E-state index >= 15 is 0 Å². The fourth-order valence-electron chi connectivity index (χ4n) is 2.57. The van der Waals surface area contributed by atoms with Crippen LogP contribution in [-0.2, 0) is 17.6 Å². The molecule has 0 saturated carbocycles. The molecule has 1 aromatic rings. The molecule has 3 nitrogen and oxygen atoms in total. The monoisotopic (exact) mass is 309 g/mol. The highest BCUT2D eigenvalue weighted by Crippen LogP contribution is 2.34. The van der Waals surface area contributed by atoms with Gasteiger partial charge >= 0.3 is 0 Å². The zero-order valence-electron chi connectivity index (χ0n) is 12.9. The van der Waals surface area contributed by atoms with Gasteiger partial charge in [0, 0.05) is 25.1 Å². The number of allylic oxidation sites excluding steroid dienone is 1. The number of rotatable bonds is 8. The molecule has 2 rings (SSSR count). The second kappa shape index (κ2) is 8.42. The van der Waals surface area contributed by atoms with Gasteiger partial charge in [0.05, 0.1) is 13.2 Å². The van der Waals surface area contributed by atoms with Crippen molar-refractivity contribution < 1.29 is 9.47 Å². The summed E-state index contributed by atoms with van der Waals surface area (Å²) in [4.78, 5) is 0. The molecular weight excluding hydrogens is 286 g/mol. The second-order valence-electron chi connectivity index (χ2n) is 5.41. The van der Waals surface area contributed by atoms with Gasteiger partial charge in [-0.05, 0) is 49.6 Å². The molecule has 0 spiro atoms. The Morgan fingerprint density at radius 2 is 2.29 bits per heavy atom. The first kappa shape index (κ1) is 16.3.